The number of halogens is 2. The summed E-state index contributed by atoms with van der Waals surface area (Å²) >= 11 is 0. The van der Waals surface area contributed by atoms with E-state index in [1.807, 2.05) is 0 Å². The van der Waals surface area contributed by atoms with Crippen molar-refractivity contribution in [2.45, 2.75) is 12.5 Å². The third-order valence-electron chi connectivity index (χ3n) is 3.06. The number of hydrogen-bond acceptors (Lipinski definition) is 3. The molecule has 0 fully saturated rings. The third kappa shape index (κ3) is 4.02. The summed E-state index contributed by atoms with van der Waals surface area (Å²) in [5, 5.41) is 12.7. The second-order valence-electron chi connectivity index (χ2n) is 4.96. The van der Waals surface area contributed by atoms with Crippen LogP contribution in [-0.2, 0) is 10.4 Å². The Morgan fingerprint density at radius 2 is 2.18 bits per heavy atom. The lowest BCUT2D eigenvalue weighted by atomic mass is 9.95. The Balaban J connectivity index is 1.98. The number of aliphatic hydroxyl groups is 1. The minimum Gasteiger partial charge on any atom is -0.465 e. The molecule has 1 atom stereocenters. The van der Waals surface area contributed by atoms with Crippen LogP contribution in [0.3, 0.4) is 0 Å². The van der Waals surface area contributed by atoms with E-state index in [0.717, 1.165) is 12.1 Å². The summed E-state index contributed by atoms with van der Waals surface area (Å²) in [6.07, 6.45) is 4.16. The topological polar surface area (TPSA) is 62.5 Å². The molecule has 1 aromatic heterocycles. The first kappa shape index (κ1) is 15.9. The van der Waals surface area contributed by atoms with E-state index in [9.17, 15) is 18.7 Å². The average Bonchev–Trinajstić information content (AvgIpc) is 2.96. The molecule has 0 aliphatic carbocycles. The van der Waals surface area contributed by atoms with E-state index >= 15 is 0 Å². The van der Waals surface area contributed by atoms with Gasteiger partial charge in [-0.25, -0.2) is 8.78 Å². The molecule has 116 valence electrons. The minimum absolute atomic E-state index is 0.0933. The van der Waals surface area contributed by atoms with Crippen LogP contribution in [0.15, 0.2) is 47.1 Å². The maximum Gasteiger partial charge on any atom is 0.244 e. The molecule has 1 amide bonds. The van der Waals surface area contributed by atoms with Crippen LogP contribution < -0.4 is 5.32 Å². The maximum atomic E-state index is 13.7. The second kappa shape index (κ2) is 6.53. The van der Waals surface area contributed by atoms with Crippen molar-refractivity contribution in [3.05, 3.63) is 65.6 Å². The Morgan fingerprint density at radius 1 is 1.41 bits per heavy atom. The lowest BCUT2D eigenvalue weighted by molar-refractivity contribution is -0.117. The highest BCUT2D eigenvalue weighted by Crippen LogP contribution is 2.23. The van der Waals surface area contributed by atoms with Gasteiger partial charge < -0.3 is 14.8 Å². The van der Waals surface area contributed by atoms with Crippen molar-refractivity contribution < 1.29 is 23.1 Å². The first-order valence-corrected chi connectivity index (χ1v) is 6.56. The largest absolute Gasteiger partial charge is 0.465 e. The molecule has 2 aromatic rings. The van der Waals surface area contributed by atoms with Gasteiger partial charge in [0.2, 0.25) is 5.91 Å². The average molecular weight is 307 g/mol. The number of furan rings is 1. The Hall–Kier alpha value is -2.47. The maximum absolute atomic E-state index is 13.7. The lowest BCUT2D eigenvalue weighted by Gasteiger charge is -2.24. The van der Waals surface area contributed by atoms with Crippen LogP contribution in [0.1, 0.15) is 18.2 Å². The highest BCUT2D eigenvalue weighted by Gasteiger charge is 2.27. The van der Waals surface area contributed by atoms with Crippen molar-refractivity contribution in [3.8, 4) is 0 Å². The number of carbonyl (C=O) groups excluding carboxylic acids is 1. The van der Waals surface area contributed by atoms with Crippen molar-refractivity contribution in [3.63, 3.8) is 0 Å². The quantitative estimate of drug-likeness (QED) is 0.835. The van der Waals surface area contributed by atoms with Gasteiger partial charge in [-0.15, -0.1) is 0 Å². The summed E-state index contributed by atoms with van der Waals surface area (Å²) in [6, 6.07) is 6.23. The van der Waals surface area contributed by atoms with Crippen LogP contribution in [-0.4, -0.2) is 17.6 Å². The number of amides is 1. The Bertz CT molecular complexity index is 679. The SMILES string of the molecule is C[C@@](O)(CNC(=O)/C=C/c1ccco1)c1ccc(F)cc1F. The molecule has 2 N–H and O–H groups in total. The molecule has 0 bridgehead atoms. The zero-order valence-electron chi connectivity index (χ0n) is 11.8. The summed E-state index contributed by atoms with van der Waals surface area (Å²) in [7, 11) is 0. The van der Waals surface area contributed by atoms with Gasteiger partial charge in [-0.3, -0.25) is 4.79 Å². The van der Waals surface area contributed by atoms with Gasteiger partial charge in [-0.1, -0.05) is 6.07 Å². The number of carbonyl (C=O) groups is 1. The predicted octanol–water partition coefficient (Wildman–Crippen LogP) is 2.59. The molecule has 2 rings (SSSR count). The Kier molecular flexibility index (Phi) is 4.72. The molecule has 4 nitrogen and oxygen atoms in total. The smallest absolute Gasteiger partial charge is 0.244 e. The van der Waals surface area contributed by atoms with E-state index in [0.29, 0.717) is 11.8 Å². The van der Waals surface area contributed by atoms with Gasteiger partial charge in [-0.05, 0) is 31.2 Å². The van der Waals surface area contributed by atoms with Crippen molar-refractivity contribution in [2.75, 3.05) is 6.54 Å². The van der Waals surface area contributed by atoms with Gasteiger partial charge in [0, 0.05) is 17.7 Å². The van der Waals surface area contributed by atoms with E-state index in [-0.39, 0.29) is 12.1 Å². The predicted molar refractivity (Wildman–Crippen MR) is 76.7 cm³/mol. The molecule has 0 aliphatic heterocycles. The fourth-order valence-electron chi connectivity index (χ4n) is 1.88. The molecule has 0 radical (unpaired) electrons. The van der Waals surface area contributed by atoms with Crippen molar-refractivity contribution >= 4 is 12.0 Å². The third-order valence-corrected chi connectivity index (χ3v) is 3.06. The van der Waals surface area contributed by atoms with Gasteiger partial charge in [-0.2, -0.15) is 0 Å². The molecular formula is C16H15F2NO3. The van der Waals surface area contributed by atoms with Gasteiger partial charge in [0.15, 0.2) is 0 Å². The molecule has 1 heterocycles. The van der Waals surface area contributed by atoms with Crippen LogP contribution in [0.5, 0.6) is 0 Å². The summed E-state index contributed by atoms with van der Waals surface area (Å²) in [6.45, 7) is 1.11. The molecule has 0 saturated heterocycles. The van der Waals surface area contributed by atoms with Crippen LogP contribution in [0.25, 0.3) is 6.08 Å². The zero-order valence-corrected chi connectivity index (χ0v) is 11.8. The summed E-state index contributed by atoms with van der Waals surface area (Å²) in [5.41, 5.74) is -1.75. The number of rotatable bonds is 5. The number of hydrogen-bond donors (Lipinski definition) is 2. The molecular weight excluding hydrogens is 292 g/mol. The van der Waals surface area contributed by atoms with Crippen molar-refractivity contribution in [2.24, 2.45) is 0 Å². The van der Waals surface area contributed by atoms with E-state index in [1.54, 1.807) is 12.1 Å². The van der Waals surface area contributed by atoms with Crippen LogP contribution in [0, 0.1) is 11.6 Å². The Morgan fingerprint density at radius 3 is 2.82 bits per heavy atom. The molecule has 1 aromatic carbocycles. The molecule has 22 heavy (non-hydrogen) atoms. The van der Waals surface area contributed by atoms with E-state index in [2.05, 4.69) is 5.32 Å². The highest BCUT2D eigenvalue weighted by atomic mass is 19.1. The standard InChI is InChI=1S/C16H15F2NO3/c1-16(21,13-6-4-11(17)9-14(13)18)10-19-15(20)7-5-12-3-2-8-22-12/h2-9,21H,10H2,1H3,(H,19,20)/b7-5+/t16-/m1/s1. The van der Waals surface area contributed by atoms with E-state index < -0.39 is 23.1 Å². The molecule has 0 unspecified atom stereocenters. The van der Waals surface area contributed by atoms with Crippen molar-refractivity contribution in [1.82, 2.24) is 5.32 Å². The fourth-order valence-corrected chi connectivity index (χ4v) is 1.88. The summed E-state index contributed by atoms with van der Waals surface area (Å²) in [4.78, 5) is 11.7. The van der Waals surface area contributed by atoms with E-state index in [4.69, 9.17) is 4.42 Å². The first-order valence-electron chi connectivity index (χ1n) is 6.56. The van der Waals surface area contributed by atoms with Gasteiger partial charge in [0.1, 0.15) is 23.0 Å². The zero-order chi connectivity index (χ0) is 16.2. The first-order chi connectivity index (χ1) is 10.4. The fraction of sp³-hybridized carbons (Fsp3) is 0.188. The van der Waals surface area contributed by atoms with Crippen molar-refractivity contribution in [1.29, 1.82) is 0 Å². The summed E-state index contributed by atoms with van der Waals surface area (Å²) in [5.74, 6) is -1.57. The van der Waals surface area contributed by atoms with Crippen LogP contribution in [0.2, 0.25) is 0 Å². The molecule has 6 heteroatoms. The second-order valence-corrected chi connectivity index (χ2v) is 4.96. The minimum atomic E-state index is -1.66. The normalized spacial score (nSPS) is 14.0. The van der Waals surface area contributed by atoms with Crippen LogP contribution in [0.4, 0.5) is 8.78 Å². The lowest BCUT2D eigenvalue weighted by Crippen LogP contribution is -2.38. The Labute approximate surface area is 126 Å². The monoisotopic (exact) mass is 307 g/mol. The summed E-state index contributed by atoms with van der Waals surface area (Å²) < 4.78 is 31.6. The van der Waals surface area contributed by atoms with Gasteiger partial charge in [0.05, 0.1) is 12.8 Å². The molecule has 0 aliphatic rings. The van der Waals surface area contributed by atoms with Crippen LogP contribution >= 0.6 is 0 Å². The number of benzene rings is 1. The highest BCUT2D eigenvalue weighted by molar-refractivity contribution is 5.91. The molecule has 0 saturated carbocycles. The van der Waals surface area contributed by atoms with Gasteiger partial charge in [0.25, 0.3) is 0 Å². The molecule has 0 spiro atoms. The van der Waals surface area contributed by atoms with Gasteiger partial charge >= 0.3 is 0 Å². The number of nitrogens with one attached hydrogen (secondary N) is 1. The van der Waals surface area contributed by atoms with E-state index in [1.165, 1.54) is 25.3 Å².